The molecule has 14 atom stereocenters. The average Bonchev–Trinajstić information content (AvgIpc) is 1.62. The van der Waals surface area contributed by atoms with Crippen LogP contribution in [0.25, 0.3) is 22.3 Å². The molecule has 54 heteroatoms. The monoisotopic (exact) mass is 1770 g/mol. The molecule has 5 aromatic rings. The third-order valence-corrected chi connectivity index (χ3v) is 24.8. The number of nitrogen functional groups attached to an aromatic ring is 2. The number of anilines is 2. The number of aliphatic hydroxyl groups is 4. The number of carbonyl (C=O) groups is 6. The van der Waals surface area contributed by atoms with E-state index in [2.05, 4.69) is 68.8 Å². The molecule has 0 bridgehead atoms. The summed E-state index contributed by atoms with van der Waals surface area (Å²) in [6.07, 6.45) is -11.2. The van der Waals surface area contributed by atoms with E-state index < -0.39 is 180 Å². The largest absolute Gasteiger partial charge is 0.481 e. The lowest BCUT2D eigenvalue weighted by Crippen LogP contribution is -2.46. The minimum atomic E-state index is -5.66. The van der Waals surface area contributed by atoms with Gasteiger partial charge in [-0.2, -0.15) is 8.62 Å². The molecule has 7 rings (SSSR count). The van der Waals surface area contributed by atoms with Crippen molar-refractivity contribution in [2.45, 2.75) is 181 Å². The molecule has 2 aliphatic rings. The number of Topliss-reactive ketones (excluding diaryl/α,β-unsaturated/α-hetero) is 2. The topological polar surface area (TPSA) is 727 Å². The zero-order chi connectivity index (χ0) is 86.5. The summed E-state index contributed by atoms with van der Waals surface area (Å²) in [6.45, 7) is 7.15. The first kappa shape index (κ1) is 96.8. The second kappa shape index (κ2) is 39.9. The number of benzene rings is 1. The van der Waals surface area contributed by atoms with Gasteiger partial charge in [-0.15, -0.1) is 0 Å². The van der Waals surface area contributed by atoms with Crippen molar-refractivity contribution < 1.29 is 161 Å². The highest BCUT2D eigenvalue weighted by Gasteiger charge is 2.53. The maximum atomic E-state index is 13.4. The second-order valence-corrected chi connectivity index (χ2v) is 38.2. The van der Waals surface area contributed by atoms with E-state index in [1.54, 1.807) is 27.7 Å². The molecule has 48 nitrogen and oxygen atoms in total. The second-order valence-electron chi connectivity index (χ2n) is 29.7. The van der Waals surface area contributed by atoms with Crippen LogP contribution in [-0.4, -0.2) is 235 Å². The normalized spacial score (nSPS) is 21.8. The van der Waals surface area contributed by atoms with Gasteiger partial charge in [-0.05, 0) is 49.7 Å². The molecule has 2 aliphatic heterocycles. The first-order valence-corrected chi connectivity index (χ1v) is 44.6. The van der Waals surface area contributed by atoms with E-state index in [0.717, 1.165) is 45.6 Å². The van der Waals surface area contributed by atoms with Crippen molar-refractivity contribution in [1.29, 1.82) is 0 Å². The molecule has 14 unspecified atom stereocenters. The Balaban J connectivity index is 0.732. The number of ketones is 2. The Morgan fingerprint density at radius 2 is 0.836 bits per heavy atom. The van der Waals surface area contributed by atoms with Crippen molar-refractivity contribution >= 4 is 116 Å². The first-order chi connectivity index (χ1) is 53.6. The molecule has 116 heavy (non-hydrogen) atoms. The number of nitrogens with two attached hydrogens (primary N) is 2. The summed E-state index contributed by atoms with van der Waals surface area (Å²) in [4.78, 5) is 181. The van der Waals surface area contributed by atoms with Crippen LogP contribution in [0.2, 0.25) is 0 Å². The third kappa shape index (κ3) is 28.1. The van der Waals surface area contributed by atoms with Crippen molar-refractivity contribution in [3.05, 3.63) is 60.7 Å². The summed E-state index contributed by atoms with van der Waals surface area (Å²) in [5.41, 5.74) is 8.86. The van der Waals surface area contributed by atoms with Crippen LogP contribution in [0.3, 0.4) is 0 Å². The van der Waals surface area contributed by atoms with Gasteiger partial charge >= 0.3 is 46.9 Å². The molecule has 2 saturated heterocycles. The number of ether oxygens (including phenoxy) is 2. The van der Waals surface area contributed by atoms with Gasteiger partial charge < -0.3 is 102 Å². The predicted molar refractivity (Wildman–Crippen MR) is 398 cm³/mol. The number of aryl methyl sites for hydroxylation is 2. The van der Waals surface area contributed by atoms with E-state index in [9.17, 15) is 116 Å². The molecular weight excluding hydrogens is 1670 g/mol. The Bertz CT molecular complexity index is 4320. The summed E-state index contributed by atoms with van der Waals surface area (Å²) >= 11 is 0. The molecule has 4 aromatic heterocycles. The van der Waals surface area contributed by atoms with E-state index >= 15 is 0 Å². The van der Waals surface area contributed by atoms with Crippen LogP contribution >= 0.6 is 46.9 Å². The summed E-state index contributed by atoms with van der Waals surface area (Å²) in [7, 11) is -33.3. The summed E-state index contributed by atoms with van der Waals surface area (Å²) in [5, 5.41) is 53.6. The molecular formula is C62H98N14O34P6. The van der Waals surface area contributed by atoms with Gasteiger partial charge in [0.1, 0.15) is 84.1 Å². The summed E-state index contributed by atoms with van der Waals surface area (Å²) in [6, 6.07) is 7.79. The van der Waals surface area contributed by atoms with Gasteiger partial charge in [0.05, 0.1) is 39.1 Å². The van der Waals surface area contributed by atoms with E-state index in [4.69, 9.17) is 39.0 Å². The molecule has 0 saturated carbocycles. The number of carbonyl (C=O) groups excluding carboxylic acids is 6. The van der Waals surface area contributed by atoms with Crippen LogP contribution in [0.4, 0.5) is 11.6 Å². The number of aromatic nitrogens is 8. The lowest BCUT2D eigenvalue weighted by molar-refractivity contribution is -0.137. The van der Waals surface area contributed by atoms with Gasteiger partial charge in [-0.25, -0.2) is 57.3 Å². The fraction of sp³-hybridized carbons (Fsp3) is 0.645. The number of imidazole rings is 2. The maximum Gasteiger partial charge on any atom is 0.481 e. The lowest BCUT2D eigenvalue weighted by atomic mass is 9.80. The molecule has 650 valence electrons. The lowest BCUT2D eigenvalue weighted by Gasteiger charge is -2.30. The fourth-order valence-electron chi connectivity index (χ4n) is 12.0. The number of hydrogen-bond donors (Lipinski definition) is 18. The Labute approximate surface area is 662 Å². The van der Waals surface area contributed by atoms with E-state index in [0.29, 0.717) is 38.5 Å². The van der Waals surface area contributed by atoms with Crippen molar-refractivity contribution in [3.8, 4) is 0 Å². The average molecular weight is 1770 g/mol. The highest BCUT2D eigenvalue weighted by Crippen LogP contribution is 2.63. The van der Waals surface area contributed by atoms with Crippen LogP contribution in [0.15, 0.2) is 49.6 Å². The van der Waals surface area contributed by atoms with Gasteiger partial charge in [0, 0.05) is 73.5 Å². The smallest absolute Gasteiger partial charge is 0.386 e. The molecule has 0 spiro atoms. The standard InChI is InChI=1S/C62H98N14O34P6/c1-59(2,39(77)17-23-65-41(79)19-25-67-55(85)49(83)61(5,6)29-103-115(97,98)109-113(93,94)101-27-37-47(107-111(87,88)89)45(81)57(105-37)75-33-73-43-51(63)69-31-71-53(43)75)21-11-15-35-13-9-10-14-36(35)16-12-22-60(3,4)40(78)18-24-66-42(80)20-26-68-56(86)50(84)62(7,8)30-104-116(99,100)110-114(95,96)102-28-38-48(108-112(90,91)92)46(82)58(106-38)76-34-74-44-52(64)70-32-72-54(44)76/h9-10,13-14,31-34,37-38,45-50,57-58,81-84H,11-12,15-30H2,1-8H3,(H,65,79)(H,66,80)(H,67,85)(H,68,86)(H,93,94)(H,95,96)(H,97,98)(H,99,100)(H2,63,69,71)(H2,64,70,72)(H2,87,88,89)(H2,90,91,92). The Kier molecular flexibility index (Phi) is 33.3. The summed E-state index contributed by atoms with van der Waals surface area (Å²) < 4.78 is 126. The zero-order valence-corrected chi connectivity index (χ0v) is 69.3. The van der Waals surface area contributed by atoms with Crippen molar-refractivity contribution in [2.24, 2.45) is 21.7 Å². The van der Waals surface area contributed by atoms with Gasteiger partial charge in [0.2, 0.25) is 23.6 Å². The minimum absolute atomic E-state index is 0.00137. The predicted octanol–water partition coefficient (Wildman–Crippen LogP) is 1.14. The van der Waals surface area contributed by atoms with Crippen LogP contribution < -0.4 is 32.7 Å². The van der Waals surface area contributed by atoms with E-state index in [1.807, 2.05) is 24.3 Å². The minimum Gasteiger partial charge on any atom is -0.386 e. The van der Waals surface area contributed by atoms with Crippen LogP contribution in [0, 0.1) is 21.7 Å². The number of phosphoric ester groups is 6. The van der Waals surface area contributed by atoms with E-state index in [-0.39, 0.29) is 97.4 Å². The number of rotatable bonds is 48. The van der Waals surface area contributed by atoms with Crippen LogP contribution in [-0.2, 0) is 114 Å². The molecule has 0 radical (unpaired) electrons. The highest BCUT2D eigenvalue weighted by molar-refractivity contribution is 7.61. The third-order valence-electron chi connectivity index (χ3n) is 18.6. The van der Waals surface area contributed by atoms with Crippen molar-refractivity contribution in [2.75, 3.05) is 64.1 Å². The Hall–Kier alpha value is -6.36. The van der Waals surface area contributed by atoms with Gasteiger partial charge in [0.15, 0.2) is 35.4 Å². The maximum absolute atomic E-state index is 13.4. The molecule has 2 fully saturated rings. The van der Waals surface area contributed by atoms with E-state index in [1.165, 1.54) is 27.7 Å². The Morgan fingerprint density at radius 3 is 1.18 bits per heavy atom. The van der Waals surface area contributed by atoms with Gasteiger partial charge in [0.25, 0.3) is 0 Å². The number of amides is 4. The van der Waals surface area contributed by atoms with Gasteiger partial charge in [-0.1, -0.05) is 79.7 Å². The SMILES string of the molecule is CC(C)(CCCc1ccccc1CCCC(C)(C)C(=O)CCNC(=O)CCNC(=O)C(O)C(C)(C)COP(=O)(O)OP(=O)(O)OCC1OC(n2cnc3c(N)ncnc32)C(O)C1OP(=O)(O)O)C(=O)CCNC(=O)CCNC(=O)C(O)C(C)(C)COP(=O)(O)OP(=O)(O)OCC1OC(n2cnc3c(N)ncnc32)C(O)C1OP(=O)(O)O. The molecule has 0 aliphatic carbocycles. The molecule has 4 amide bonds. The number of nitrogens with one attached hydrogen (secondary N) is 4. The van der Waals surface area contributed by atoms with Crippen LogP contribution in [0.5, 0.6) is 0 Å². The number of fused-ring (bicyclic) bond motifs is 2. The first-order valence-electron chi connectivity index (χ1n) is 35.5. The number of aliphatic hydroxyl groups excluding tert-OH is 4. The number of hydrogen-bond acceptors (Lipinski definition) is 34. The molecule has 6 heterocycles. The Morgan fingerprint density at radius 1 is 0.500 bits per heavy atom. The number of nitrogens with zero attached hydrogens (tertiary/aromatic N) is 8. The quantitative estimate of drug-likeness (QED) is 0.0243. The van der Waals surface area contributed by atoms with Crippen molar-refractivity contribution in [1.82, 2.24) is 60.3 Å². The van der Waals surface area contributed by atoms with Crippen molar-refractivity contribution in [3.63, 3.8) is 0 Å². The number of phosphoric acid groups is 6. The molecule has 20 N–H and O–H groups in total. The summed E-state index contributed by atoms with van der Waals surface area (Å²) in [5.74, 6) is -3.58. The zero-order valence-electron chi connectivity index (χ0n) is 63.9. The molecule has 1 aromatic carbocycles. The van der Waals surface area contributed by atoms with Crippen LogP contribution in [0.1, 0.15) is 130 Å². The fourth-order valence-corrected chi connectivity index (χ4v) is 17.6. The highest BCUT2D eigenvalue weighted by atomic mass is 31.3. The van der Waals surface area contributed by atoms with Gasteiger partial charge in [-0.3, -0.25) is 65.0 Å².